The minimum Gasteiger partial charge on any atom is -0.428 e. The lowest BCUT2D eigenvalue weighted by Crippen LogP contribution is -2.24. The minimum absolute atomic E-state index is 0.134. The van der Waals surface area contributed by atoms with Crippen molar-refractivity contribution < 1.29 is 23.7 Å². The Balaban J connectivity index is 1.66. The lowest BCUT2D eigenvalue weighted by atomic mass is 10.3. The quantitative estimate of drug-likeness (QED) is 0.617. The largest absolute Gasteiger partial charge is 0.508 e. The Morgan fingerprint density at radius 2 is 1.50 bits per heavy atom. The number of carbonyl (C=O) groups excluding carboxylic acids is 1. The van der Waals surface area contributed by atoms with Crippen LogP contribution in [0.4, 0.5) is 4.79 Å². The van der Waals surface area contributed by atoms with Gasteiger partial charge in [0.1, 0.15) is 12.2 Å². The molecule has 0 aliphatic carbocycles. The van der Waals surface area contributed by atoms with Gasteiger partial charge in [0.25, 0.3) is 0 Å². The van der Waals surface area contributed by atoms with Crippen LogP contribution in [0.5, 0.6) is 0 Å². The molecule has 0 radical (unpaired) electrons. The van der Waals surface area contributed by atoms with E-state index in [0.717, 1.165) is 12.8 Å². The van der Waals surface area contributed by atoms with E-state index in [-0.39, 0.29) is 12.2 Å². The van der Waals surface area contributed by atoms with Crippen LogP contribution >= 0.6 is 0 Å². The standard InChI is InChI=1S/C9H14O5/c10-9(13-7-1-3-11-5-7)14-8-2-4-12-6-8/h7-8H,1-6H2/t7-,8-/m0/s1. The summed E-state index contributed by atoms with van der Waals surface area (Å²) in [5.74, 6) is 0. The summed E-state index contributed by atoms with van der Waals surface area (Å²) in [4.78, 5) is 11.2. The maximum Gasteiger partial charge on any atom is 0.508 e. The van der Waals surface area contributed by atoms with Gasteiger partial charge >= 0.3 is 6.16 Å². The normalized spacial score (nSPS) is 31.7. The molecule has 2 rings (SSSR count). The van der Waals surface area contributed by atoms with E-state index in [1.807, 2.05) is 0 Å². The summed E-state index contributed by atoms with van der Waals surface area (Å²) in [5, 5.41) is 0. The van der Waals surface area contributed by atoms with E-state index >= 15 is 0 Å². The zero-order chi connectivity index (χ0) is 9.80. The summed E-state index contributed by atoms with van der Waals surface area (Å²) in [6, 6.07) is 0. The van der Waals surface area contributed by atoms with E-state index in [9.17, 15) is 4.79 Å². The van der Waals surface area contributed by atoms with Gasteiger partial charge in [-0.15, -0.1) is 0 Å². The van der Waals surface area contributed by atoms with Crippen LogP contribution in [0.1, 0.15) is 12.8 Å². The van der Waals surface area contributed by atoms with Crippen LogP contribution in [0.3, 0.4) is 0 Å². The van der Waals surface area contributed by atoms with Gasteiger partial charge in [0.15, 0.2) is 0 Å². The van der Waals surface area contributed by atoms with Gasteiger partial charge in [-0.3, -0.25) is 0 Å². The average molecular weight is 202 g/mol. The zero-order valence-corrected chi connectivity index (χ0v) is 7.94. The van der Waals surface area contributed by atoms with Gasteiger partial charge in [0.2, 0.25) is 0 Å². The first-order valence-electron chi connectivity index (χ1n) is 4.87. The summed E-state index contributed by atoms with van der Waals surface area (Å²) in [6.07, 6.45) is 0.651. The second-order valence-corrected chi connectivity index (χ2v) is 3.46. The Morgan fingerprint density at radius 1 is 1.00 bits per heavy atom. The molecule has 2 fully saturated rings. The molecular weight excluding hydrogens is 188 g/mol. The van der Waals surface area contributed by atoms with Crippen molar-refractivity contribution in [1.82, 2.24) is 0 Å². The second kappa shape index (κ2) is 4.61. The number of rotatable bonds is 2. The van der Waals surface area contributed by atoms with Crippen molar-refractivity contribution >= 4 is 6.16 Å². The Kier molecular flexibility index (Phi) is 3.21. The summed E-state index contributed by atoms with van der Waals surface area (Å²) >= 11 is 0. The zero-order valence-electron chi connectivity index (χ0n) is 7.94. The van der Waals surface area contributed by atoms with Crippen molar-refractivity contribution in [2.24, 2.45) is 0 Å². The number of ether oxygens (including phenoxy) is 4. The van der Waals surface area contributed by atoms with E-state index in [1.54, 1.807) is 0 Å². The molecule has 0 aromatic rings. The second-order valence-electron chi connectivity index (χ2n) is 3.46. The molecule has 80 valence electrons. The highest BCUT2D eigenvalue weighted by Gasteiger charge is 2.25. The molecule has 5 nitrogen and oxygen atoms in total. The van der Waals surface area contributed by atoms with Gasteiger partial charge in [-0.1, -0.05) is 0 Å². The highest BCUT2D eigenvalue weighted by molar-refractivity contribution is 5.60. The molecule has 0 saturated carbocycles. The van der Waals surface area contributed by atoms with Crippen LogP contribution in [0.25, 0.3) is 0 Å². The van der Waals surface area contributed by atoms with E-state index in [1.165, 1.54) is 0 Å². The summed E-state index contributed by atoms with van der Waals surface area (Å²) in [7, 11) is 0. The van der Waals surface area contributed by atoms with Crippen molar-refractivity contribution in [3.8, 4) is 0 Å². The number of hydrogen-bond donors (Lipinski definition) is 0. The monoisotopic (exact) mass is 202 g/mol. The van der Waals surface area contributed by atoms with Gasteiger partial charge in [-0.25, -0.2) is 4.79 Å². The molecule has 0 amide bonds. The van der Waals surface area contributed by atoms with Crippen LogP contribution in [-0.4, -0.2) is 44.8 Å². The van der Waals surface area contributed by atoms with E-state index in [4.69, 9.17) is 18.9 Å². The van der Waals surface area contributed by atoms with Crippen LogP contribution in [-0.2, 0) is 18.9 Å². The van der Waals surface area contributed by atoms with Gasteiger partial charge in [-0.05, 0) is 0 Å². The molecule has 2 aliphatic rings. The minimum atomic E-state index is -0.601. The average Bonchev–Trinajstić information content (AvgIpc) is 2.76. The third-order valence-corrected chi connectivity index (χ3v) is 2.30. The summed E-state index contributed by atoms with van der Waals surface area (Å²) < 4.78 is 20.2. The number of hydrogen-bond acceptors (Lipinski definition) is 5. The number of carbonyl (C=O) groups is 1. The predicted octanol–water partition coefficient (Wildman–Crippen LogP) is 0.717. The van der Waals surface area contributed by atoms with Crippen LogP contribution in [0.15, 0.2) is 0 Å². The van der Waals surface area contributed by atoms with Gasteiger partial charge in [0.05, 0.1) is 26.4 Å². The summed E-state index contributed by atoms with van der Waals surface area (Å²) in [6.45, 7) is 2.28. The third kappa shape index (κ3) is 2.59. The van der Waals surface area contributed by atoms with Crippen LogP contribution < -0.4 is 0 Å². The van der Waals surface area contributed by atoms with Crippen molar-refractivity contribution in [3.05, 3.63) is 0 Å². The molecule has 0 aromatic carbocycles. The van der Waals surface area contributed by atoms with E-state index in [0.29, 0.717) is 26.4 Å². The van der Waals surface area contributed by atoms with E-state index in [2.05, 4.69) is 0 Å². The first-order valence-corrected chi connectivity index (χ1v) is 4.87. The molecule has 2 heterocycles. The van der Waals surface area contributed by atoms with Crippen LogP contribution in [0, 0.1) is 0 Å². The highest BCUT2D eigenvalue weighted by atomic mass is 16.7. The van der Waals surface area contributed by atoms with Crippen molar-refractivity contribution in [2.75, 3.05) is 26.4 Å². The molecule has 2 aliphatic heterocycles. The molecular formula is C9H14O5. The molecule has 0 unspecified atom stereocenters. The predicted molar refractivity (Wildman–Crippen MR) is 46.0 cm³/mol. The molecule has 14 heavy (non-hydrogen) atoms. The molecule has 0 bridgehead atoms. The maximum atomic E-state index is 11.2. The molecule has 5 heteroatoms. The van der Waals surface area contributed by atoms with Crippen molar-refractivity contribution in [1.29, 1.82) is 0 Å². The SMILES string of the molecule is O=C(O[C@H]1CCOC1)O[C@H]1CCOC1. The third-order valence-electron chi connectivity index (χ3n) is 2.30. The van der Waals surface area contributed by atoms with Gasteiger partial charge < -0.3 is 18.9 Å². The molecule has 0 N–H and O–H groups in total. The van der Waals surface area contributed by atoms with Crippen molar-refractivity contribution in [2.45, 2.75) is 25.0 Å². The Hall–Kier alpha value is -0.810. The molecule has 0 aromatic heterocycles. The lowest BCUT2D eigenvalue weighted by molar-refractivity contribution is -0.00591. The Morgan fingerprint density at radius 3 is 1.86 bits per heavy atom. The Labute approximate surface area is 82.3 Å². The Bertz CT molecular complexity index is 173. The highest BCUT2D eigenvalue weighted by Crippen LogP contribution is 2.12. The first kappa shape index (κ1) is 9.73. The van der Waals surface area contributed by atoms with Crippen molar-refractivity contribution in [3.63, 3.8) is 0 Å². The fraction of sp³-hybridized carbons (Fsp3) is 0.889. The fourth-order valence-electron chi connectivity index (χ4n) is 1.51. The molecule has 2 atom stereocenters. The van der Waals surface area contributed by atoms with Gasteiger partial charge in [0, 0.05) is 12.8 Å². The summed E-state index contributed by atoms with van der Waals surface area (Å²) in [5.41, 5.74) is 0. The molecule has 2 saturated heterocycles. The lowest BCUT2D eigenvalue weighted by Gasteiger charge is -2.13. The van der Waals surface area contributed by atoms with Gasteiger partial charge in [-0.2, -0.15) is 0 Å². The first-order chi connectivity index (χ1) is 6.84. The van der Waals surface area contributed by atoms with Crippen LogP contribution in [0.2, 0.25) is 0 Å². The smallest absolute Gasteiger partial charge is 0.428 e. The van der Waals surface area contributed by atoms with E-state index < -0.39 is 6.16 Å². The molecule has 0 spiro atoms. The fourth-order valence-corrected chi connectivity index (χ4v) is 1.51. The topological polar surface area (TPSA) is 54.0 Å². The maximum absolute atomic E-state index is 11.2.